The highest BCUT2D eigenvalue weighted by Gasteiger charge is 2.10. The van der Waals surface area contributed by atoms with Gasteiger partial charge in [0.05, 0.1) is 0 Å². The topological polar surface area (TPSA) is 37.8 Å². The summed E-state index contributed by atoms with van der Waals surface area (Å²) in [6.45, 7) is 7.46. The van der Waals surface area contributed by atoms with Crippen molar-refractivity contribution in [3.8, 4) is 0 Å². The lowest BCUT2D eigenvalue weighted by Crippen LogP contribution is -2.37. The summed E-state index contributed by atoms with van der Waals surface area (Å²) in [4.78, 5) is 0. The monoisotopic (exact) mass is 353 g/mol. The molecule has 0 bridgehead atoms. The van der Waals surface area contributed by atoms with E-state index < -0.39 is 0 Å². The second-order valence-electron chi connectivity index (χ2n) is 5.82. The molecule has 108 valence electrons. The number of benzene rings is 1. The Morgan fingerprint density at radius 3 is 2.65 bits per heavy atom. The maximum Gasteiger partial charge on any atom is 0.121 e. The van der Waals surface area contributed by atoms with Crippen molar-refractivity contribution in [1.29, 1.82) is 0 Å². The minimum atomic E-state index is 0.157. The number of hydrogen-bond acceptors (Lipinski definition) is 4. The van der Waals surface area contributed by atoms with E-state index in [0.717, 1.165) is 33.9 Å². The average molecular weight is 354 g/mol. The maximum absolute atomic E-state index is 4.28. The molecule has 0 radical (unpaired) electrons. The highest BCUT2D eigenvalue weighted by atomic mass is 79.9. The number of hydrogen-bond donors (Lipinski definition) is 1. The first-order valence-electron chi connectivity index (χ1n) is 6.73. The summed E-state index contributed by atoms with van der Waals surface area (Å²) in [5, 5.41) is 14.2. The fourth-order valence-electron chi connectivity index (χ4n) is 1.83. The first-order valence-corrected chi connectivity index (χ1v) is 8.34. The van der Waals surface area contributed by atoms with Gasteiger partial charge in [0.25, 0.3) is 0 Å². The van der Waals surface area contributed by atoms with Crippen molar-refractivity contribution < 1.29 is 0 Å². The standard InChI is InChI=1S/C15H20BrN3S/c1-15(2,3)17-8-7-13-18-19-14(20-13)10-11-5-4-6-12(16)9-11/h4-6,9,17H,7-8,10H2,1-3H3. The minimum absolute atomic E-state index is 0.157. The Morgan fingerprint density at radius 1 is 1.20 bits per heavy atom. The molecule has 5 heteroatoms. The largest absolute Gasteiger partial charge is 0.312 e. The summed E-state index contributed by atoms with van der Waals surface area (Å²) in [6, 6.07) is 8.33. The van der Waals surface area contributed by atoms with Gasteiger partial charge in [-0.1, -0.05) is 28.1 Å². The molecule has 0 aliphatic carbocycles. The number of halogens is 1. The zero-order chi connectivity index (χ0) is 14.6. The van der Waals surface area contributed by atoms with E-state index in [1.807, 2.05) is 6.07 Å². The van der Waals surface area contributed by atoms with Crippen LogP contribution in [-0.4, -0.2) is 22.3 Å². The molecular formula is C15H20BrN3S. The van der Waals surface area contributed by atoms with Crippen LogP contribution in [0.4, 0.5) is 0 Å². The molecule has 0 amide bonds. The Kier molecular flexibility index (Phi) is 5.29. The Morgan fingerprint density at radius 2 is 1.95 bits per heavy atom. The number of aromatic nitrogens is 2. The van der Waals surface area contributed by atoms with Gasteiger partial charge in [0.15, 0.2) is 0 Å². The molecule has 1 aromatic carbocycles. The molecule has 20 heavy (non-hydrogen) atoms. The van der Waals surface area contributed by atoms with E-state index in [0.29, 0.717) is 0 Å². The zero-order valence-electron chi connectivity index (χ0n) is 12.1. The SMILES string of the molecule is CC(C)(C)NCCc1nnc(Cc2cccc(Br)c2)s1. The normalized spacial score (nSPS) is 11.8. The lowest BCUT2D eigenvalue weighted by molar-refractivity contribution is 0.429. The van der Waals surface area contributed by atoms with Crippen LogP contribution in [0.25, 0.3) is 0 Å². The molecule has 0 fully saturated rings. The first kappa shape index (κ1) is 15.6. The van der Waals surface area contributed by atoms with Crippen molar-refractivity contribution in [3.63, 3.8) is 0 Å². The van der Waals surface area contributed by atoms with Crippen LogP contribution in [-0.2, 0) is 12.8 Å². The summed E-state index contributed by atoms with van der Waals surface area (Å²) in [7, 11) is 0. The Balaban J connectivity index is 1.89. The molecule has 1 heterocycles. The number of rotatable bonds is 5. The molecule has 2 aromatic rings. The van der Waals surface area contributed by atoms with E-state index in [4.69, 9.17) is 0 Å². The van der Waals surface area contributed by atoms with Gasteiger partial charge >= 0.3 is 0 Å². The second-order valence-corrected chi connectivity index (χ2v) is 7.89. The smallest absolute Gasteiger partial charge is 0.121 e. The summed E-state index contributed by atoms with van der Waals surface area (Å²) in [5.74, 6) is 0. The maximum atomic E-state index is 4.28. The minimum Gasteiger partial charge on any atom is -0.312 e. The second kappa shape index (κ2) is 6.78. The van der Waals surface area contributed by atoms with Gasteiger partial charge in [0, 0.05) is 29.4 Å². The molecule has 3 nitrogen and oxygen atoms in total. The Hall–Kier alpha value is -0.780. The molecule has 1 N–H and O–H groups in total. The first-order chi connectivity index (χ1) is 9.42. The lowest BCUT2D eigenvalue weighted by Gasteiger charge is -2.19. The van der Waals surface area contributed by atoms with Crippen LogP contribution in [0.15, 0.2) is 28.7 Å². The zero-order valence-corrected chi connectivity index (χ0v) is 14.5. The van der Waals surface area contributed by atoms with Crippen LogP contribution in [0.3, 0.4) is 0 Å². The van der Waals surface area contributed by atoms with Gasteiger partial charge in [-0.15, -0.1) is 21.5 Å². The van der Waals surface area contributed by atoms with Gasteiger partial charge in [-0.25, -0.2) is 0 Å². The summed E-state index contributed by atoms with van der Waals surface area (Å²) < 4.78 is 1.11. The summed E-state index contributed by atoms with van der Waals surface area (Å²) in [6.07, 6.45) is 1.79. The third kappa shape index (κ3) is 5.31. The third-order valence-corrected chi connectivity index (χ3v) is 4.22. The quantitative estimate of drug-likeness (QED) is 0.887. The highest BCUT2D eigenvalue weighted by molar-refractivity contribution is 9.10. The number of nitrogens with one attached hydrogen (secondary N) is 1. The van der Waals surface area contributed by atoms with Crippen LogP contribution in [0.5, 0.6) is 0 Å². The van der Waals surface area contributed by atoms with Crippen molar-refractivity contribution in [3.05, 3.63) is 44.3 Å². The fourth-order valence-corrected chi connectivity index (χ4v) is 3.15. The van der Waals surface area contributed by atoms with Gasteiger partial charge in [0.1, 0.15) is 10.0 Å². The summed E-state index contributed by atoms with van der Waals surface area (Å²) >= 11 is 5.20. The van der Waals surface area contributed by atoms with Crippen LogP contribution in [0.1, 0.15) is 36.3 Å². The van der Waals surface area contributed by atoms with Crippen molar-refractivity contribution in [2.24, 2.45) is 0 Å². The van der Waals surface area contributed by atoms with E-state index in [-0.39, 0.29) is 5.54 Å². The van der Waals surface area contributed by atoms with E-state index in [2.05, 4.69) is 70.4 Å². The predicted molar refractivity (Wildman–Crippen MR) is 88.3 cm³/mol. The van der Waals surface area contributed by atoms with Gasteiger partial charge in [-0.2, -0.15) is 0 Å². The van der Waals surface area contributed by atoms with Crippen molar-refractivity contribution in [1.82, 2.24) is 15.5 Å². The van der Waals surface area contributed by atoms with Crippen LogP contribution in [0, 0.1) is 0 Å². The van der Waals surface area contributed by atoms with Crippen molar-refractivity contribution in [2.75, 3.05) is 6.54 Å². The van der Waals surface area contributed by atoms with Gasteiger partial charge in [0.2, 0.25) is 0 Å². The molecule has 0 saturated carbocycles. The molecule has 0 aliphatic heterocycles. The number of nitrogens with zero attached hydrogens (tertiary/aromatic N) is 2. The molecule has 0 saturated heterocycles. The van der Waals surface area contributed by atoms with Gasteiger partial charge < -0.3 is 5.32 Å². The highest BCUT2D eigenvalue weighted by Crippen LogP contribution is 2.18. The van der Waals surface area contributed by atoms with Crippen LogP contribution < -0.4 is 5.32 Å². The Labute approximate surface area is 133 Å². The molecule has 0 atom stereocenters. The lowest BCUT2D eigenvalue weighted by atomic mass is 10.1. The molecule has 2 rings (SSSR count). The van der Waals surface area contributed by atoms with Crippen molar-refractivity contribution in [2.45, 2.75) is 39.2 Å². The van der Waals surface area contributed by atoms with Gasteiger partial charge in [-0.05, 0) is 38.5 Å². The molecule has 0 unspecified atom stereocenters. The van der Waals surface area contributed by atoms with E-state index in [1.54, 1.807) is 11.3 Å². The molecule has 0 spiro atoms. The van der Waals surface area contributed by atoms with Crippen molar-refractivity contribution >= 4 is 27.3 Å². The van der Waals surface area contributed by atoms with Crippen LogP contribution in [0.2, 0.25) is 0 Å². The van der Waals surface area contributed by atoms with E-state index >= 15 is 0 Å². The van der Waals surface area contributed by atoms with E-state index in [9.17, 15) is 0 Å². The Bertz CT molecular complexity index is 560. The average Bonchev–Trinajstić information content (AvgIpc) is 2.75. The molecule has 1 aromatic heterocycles. The summed E-state index contributed by atoms with van der Waals surface area (Å²) in [5.41, 5.74) is 1.42. The van der Waals surface area contributed by atoms with Crippen LogP contribution >= 0.6 is 27.3 Å². The fraction of sp³-hybridized carbons (Fsp3) is 0.467. The predicted octanol–water partition coefficient (Wildman–Crippen LogP) is 3.82. The third-order valence-electron chi connectivity index (χ3n) is 2.75. The van der Waals surface area contributed by atoms with E-state index in [1.165, 1.54) is 5.56 Å². The van der Waals surface area contributed by atoms with Gasteiger partial charge in [-0.3, -0.25) is 0 Å². The molecule has 0 aliphatic rings. The molecular weight excluding hydrogens is 334 g/mol.